The Bertz CT molecular complexity index is 1100. The average Bonchev–Trinajstić information content (AvgIpc) is 3.22. The first kappa shape index (κ1) is 20.2. The van der Waals surface area contributed by atoms with Crippen LogP contribution in [0.5, 0.6) is 0 Å². The fourth-order valence-electron chi connectivity index (χ4n) is 4.44. The highest BCUT2D eigenvalue weighted by Gasteiger charge is 2.25. The van der Waals surface area contributed by atoms with E-state index in [2.05, 4.69) is 116 Å². The Morgan fingerprint density at radius 1 is 0.867 bits per heavy atom. The van der Waals surface area contributed by atoms with Crippen LogP contribution in [0.4, 0.5) is 0 Å². The van der Waals surface area contributed by atoms with Gasteiger partial charge in [0.2, 0.25) is 0 Å². The molecule has 1 aromatic heterocycles. The van der Waals surface area contributed by atoms with Gasteiger partial charge in [-0.15, -0.1) is 0 Å². The molecule has 0 saturated heterocycles. The van der Waals surface area contributed by atoms with E-state index < -0.39 is 0 Å². The average molecular weight is 394 g/mol. The van der Waals surface area contributed by atoms with Crippen molar-refractivity contribution >= 4 is 17.0 Å². The lowest BCUT2D eigenvalue weighted by Crippen LogP contribution is -2.10. The third-order valence-electron chi connectivity index (χ3n) is 6.09. The first-order chi connectivity index (χ1) is 14.8. The summed E-state index contributed by atoms with van der Waals surface area (Å²) in [6.07, 6.45) is 10.4. The zero-order chi connectivity index (χ0) is 20.8. The van der Waals surface area contributed by atoms with Gasteiger partial charge >= 0.3 is 0 Å². The lowest BCUT2D eigenvalue weighted by atomic mass is 9.78. The third-order valence-corrected chi connectivity index (χ3v) is 6.09. The van der Waals surface area contributed by atoms with Crippen LogP contribution in [-0.2, 0) is 0 Å². The van der Waals surface area contributed by atoms with Gasteiger partial charge in [0.15, 0.2) is 0 Å². The molecule has 152 valence electrons. The number of hydrogen-bond donors (Lipinski definition) is 1. The number of para-hydroxylation sites is 1. The van der Waals surface area contributed by atoms with Crippen molar-refractivity contribution in [2.24, 2.45) is 0 Å². The van der Waals surface area contributed by atoms with E-state index >= 15 is 0 Å². The number of benzene rings is 3. The second-order valence-corrected chi connectivity index (χ2v) is 8.18. The minimum atomic E-state index is 0.285. The summed E-state index contributed by atoms with van der Waals surface area (Å²) in [5.74, 6) is 0.650. The fourth-order valence-corrected chi connectivity index (χ4v) is 4.44. The van der Waals surface area contributed by atoms with Crippen molar-refractivity contribution in [1.29, 1.82) is 0 Å². The number of aromatic nitrogens is 1. The van der Waals surface area contributed by atoms with Crippen molar-refractivity contribution in [1.82, 2.24) is 4.98 Å². The summed E-state index contributed by atoms with van der Waals surface area (Å²) < 4.78 is 0. The molecule has 0 saturated carbocycles. The Balaban J connectivity index is 1.77. The van der Waals surface area contributed by atoms with Gasteiger partial charge in [0.05, 0.1) is 0 Å². The molecule has 0 aliphatic rings. The molecule has 3 aromatic carbocycles. The second-order valence-electron chi connectivity index (χ2n) is 8.18. The zero-order valence-corrected chi connectivity index (χ0v) is 18.0. The molecule has 1 heterocycles. The number of allylic oxidation sites excluding steroid dienone is 1. The third kappa shape index (κ3) is 4.41. The van der Waals surface area contributed by atoms with Gasteiger partial charge in [-0.25, -0.2) is 0 Å². The van der Waals surface area contributed by atoms with Gasteiger partial charge < -0.3 is 4.98 Å². The SMILES string of the molecule is CCCC/C=C/c1cccc(C(c2c[nH]c3ccccc23)C(C)c2ccccc2)c1. The van der Waals surface area contributed by atoms with Crippen LogP contribution in [0.3, 0.4) is 0 Å². The summed E-state index contributed by atoms with van der Waals surface area (Å²) in [4.78, 5) is 3.49. The van der Waals surface area contributed by atoms with E-state index in [1.165, 1.54) is 46.0 Å². The molecule has 0 aliphatic carbocycles. The summed E-state index contributed by atoms with van der Waals surface area (Å²) >= 11 is 0. The zero-order valence-electron chi connectivity index (χ0n) is 18.0. The molecule has 2 unspecified atom stereocenters. The van der Waals surface area contributed by atoms with Crippen LogP contribution in [0.25, 0.3) is 17.0 Å². The van der Waals surface area contributed by atoms with Gasteiger partial charge in [-0.3, -0.25) is 0 Å². The van der Waals surface area contributed by atoms with Crippen molar-refractivity contribution in [2.75, 3.05) is 0 Å². The maximum Gasteiger partial charge on any atom is 0.0457 e. The van der Waals surface area contributed by atoms with E-state index in [0.717, 1.165) is 6.42 Å². The van der Waals surface area contributed by atoms with Crippen molar-refractivity contribution in [3.63, 3.8) is 0 Å². The summed E-state index contributed by atoms with van der Waals surface area (Å²) in [6.45, 7) is 4.59. The van der Waals surface area contributed by atoms with Crippen molar-refractivity contribution in [2.45, 2.75) is 44.9 Å². The number of hydrogen-bond acceptors (Lipinski definition) is 0. The Morgan fingerprint density at radius 3 is 2.47 bits per heavy atom. The van der Waals surface area contributed by atoms with Crippen LogP contribution in [-0.4, -0.2) is 4.98 Å². The Kier molecular flexibility index (Phi) is 6.49. The number of H-pyrrole nitrogens is 1. The summed E-state index contributed by atoms with van der Waals surface area (Å²) in [5, 5.41) is 1.31. The highest BCUT2D eigenvalue weighted by atomic mass is 14.7. The van der Waals surface area contributed by atoms with E-state index in [-0.39, 0.29) is 5.92 Å². The quantitative estimate of drug-likeness (QED) is 0.290. The lowest BCUT2D eigenvalue weighted by molar-refractivity contribution is 0.661. The molecule has 0 fully saturated rings. The normalized spacial score (nSPS) is 13.7. The summed E-state index contributed by atoms with van der Waals surface area (Å²) in [5.41, 5.74) is 6.60. The van der Waals surface area contributed by atoms with Crippen molar-refractivity contribution < 1.29 is 0 Å². The molecule has 4 rings (SSSR count). The van der Waals surface area contributed by atoms with E-state index in [9.17, 15) is 0 Å². The molecule has 0 aliphatic heterocycles. The first-order valence-electron chi connectivity index (χ1n) is 11.2. The van der Waals surface area contributed by atoms with Crippen LogP contribution in [0, 0.1) is 0 Å². The molecule has 4 aromatic rings. The monoisotopic (exact) mass is 393 g/mol. The summed E-state index contributed by atoms with van der Waals surface area (Å²) in [6, 6.07) is 28.6. The Labute approximate surface area is 180 Å². The summed E-state index contributed by atoms with van der Waals surface area (Å²) in [7, 11) is 0. The maximum atomic E-state index is 3.49. The van der Waals surface area contributed by atoms with Gasteiger partial charge in [0, 0.05) is 23.0 Å². The molecule has 1 N–H and O–H groups in total. The largest absolute Gasteiger partial charge is 0.361 e. The first-order valence-corrected chi connectivity index (χ1v) is 11.2. The molecular weight excluding hydrogens is 362 g/mol. The van der Waals surface area contributed by atoms with Gasteiger partial charge in [-0.05, 0) is 40.7 Å². The minimum absolute atomic E-state index is 0.285. The number of aromatic amines is 1. The minimum Gasteiger partial charge on any atom is -0.361 e. The van der Waals surface area contributed by atoms with E-state index in [0.29, 0.717) is 5.92 Å². The highest BCUT2D eigenvalue weighted by molar-refractivity contribution is 5.84. The Morgan fingerprint density at radius 2 is 1.63 bits per heavy atom. The lowest BCUT2D eigenvalue weighted by Gasteiger charge is -2.25. The van der Waals surface area contributed by atoms with Crippen LogP contribution < -0.4 is 0 Å². The van der Waals surface area contributed by atoms with Gasteiger partial charge in [0.1, 0.15) is 0 Å². The standard InChI is InChI=1S/C29H31N/c1-3-4-5-7-13-23-14-12-17-25(20-23)29(22(2)24-15-8-6-9-16-24)27-21-30-28-19-11-10-18-26(27)28/h6-22,29-30H,3-5H2,1-2H3/b13-7+. The maximum absolute atomic E-state index is 3.49. The van der Waals surface area contributed by atoms with Crippen LogP contribution in [0.2, 0.25) is 0 Å². The predicted octanol–water partition coefficient (Wildman–Crippen LogP) is 8.31. The van der Waals surface area contributed by atoms with E-state index in [1.54, 1.807) is 0 Å². The molecule has 0 bridgehead atoms. The second kappa shape index (κ2) is 9.63. The number of rotatable bonds is 8. The molecular formula is C29H31N. The predicted molar refractivity (Wildman–Crippen MR) is 130 cm³/mol. The van der Waals surface area contributed by atoms with Crippen LogP contribution in [0.15, 0.2) is 91.1 Å². The molecule has 0 amide bonds. The highest BCUT2D eigenvalue weighted by Crippen LogP contribution is 2.41. The van der Waals surface area contributed by atoms with Gasteiger partial charge in [-0.1, -0.05) is 112 Å². The van der Waals surface area contributed by atoms with Gasteiger partial charge in [0.25, 0.3) is 0 Å². The van der Waals surface area contributed by atoms with Crippen molar-refractivity contribution in [3.05, 3.63) is 113 Å². The Hall–Kier alpha value is -3.06. The number of fused-ring (bicyclic) bond motifs is 1. The molecule has 0 radical (unpaired) electrons. The van der Waals surface area contributed by atoms with E-state index in [4.69, 9.17) is 0 Å². The topological polar surface area (TPSA) is 15.8 Å². The molecule has 1 heteroatoms. The molecule has 30 heavy (non-hydrogen) atoms. The van der Waals surface area contributed by atoms with Gasteiger partial charge in [-0.2, -0.15) is 0 Å². The smallest absolute Gasteiger partial charge is 0.0457 e. The van der Waals surface area contributed by atoms with Crippen LogP contribution in [0.1, 0.15) is 67.2 Å². The van der Waals surface area contributed by atoms with Crippen LogP contribution >= 0.6 is 0 Å². The molecule has 1 nitrogen and oxygen atoms in total. The fraction of sp³-hybridized carbons (Fsp3) is 0.241. The number of unbranched alkanes of at least 4 members (excludes halogenated alkanes) is 2. The number of nitrogens with one attached hydrogen (secondary N) is 1. The molecule has 0 spiro atoms. The van der Waals surface area contributed by atoms with E-state index in [1.807, 2.05) is 0 Å². The van der Waals surface area contributed by atoms with Crippen molar-refractivity contribution in [3.8, 4) is 0 Å². The molecule has 2 atom stereocenters.